The molecule has 1 N–H and O–H groups in total. The van der Waals surface area contributed by atoms with Gasteiger partial charge in [0.1, 0.15) is 0 Å². The van der Waals surface area contributed by atoms with Crippen molar-refractivity contribution in [3.8, 4) is 0 Å². The van der Waals surface area contributed by atoms with Crippen LogP contribution in [-0.4, -0.2) is 55.8 Å². The Balaban J connectivity index is 1.57. The number of nitrogens with one attached hydrogen (secondary N) is 1. The molecule has 0 unspecified atom stereocenters. The van der Waals surface area contributed by atoms with Gasteiger partial charge in [-0.3, -0.25) is 9.69 Å². The predicted octanol–water partition coefficient (Wildman–Crippen LogP) is 4.10. The molecular formula is C25H35N3O3S. The van der Waals surface area contributed by atoms with E-state index in [1.165, 1.54) is 9.87 Å². The second-order valence-electron chi connectivity index (χ2n) is 8.53. The lowest BCUT2D eigenvalue weighted by atomic mass is 9.99. The first-order valence-electron chi connectivity index (χ1n) is 11.5. The zero-order valence-electron chi connectivity index (χ0n) is 19.5. The van der Waals surface area contributed by atoms with Crippen LogP contribution in [0, 0.1) is 0 Å². The number of nitrogens with zero attached hydrogens (tertiary/aromatic N) is 2. The average molecular weight is 458 g/mol. The van der Waals surface area contributed by atoms with Crippen molar-refractivity contribution in [2.75, 3.05) is 31.5 Å². The van der Waals surface area contributed by atoms with Gasteiger partial charge in [0.25, 0.3) is 0 Å². The first kappa shape index (κ1) is 24.4. The third kappa shape index (κ3) is 5.57. The highest BCUT2D eigenvalue weighted by Crippen LogP contribution is 2.23. The third-order valence-corrected chi connectivity index (χ3v) is 8.44. The first-order valence-corrected chi connectivity index (χ1v) is 12.9. The summed E-state index contributed by atoms with van der Waals surface area (Å²) < 4.78 is 27.7. The van der Waals surface area contributed by atoms with Gasteiger partial charge >= 0.3 is 0 Å². The molecule has 2 atom stereocenters. The quantitative estimate of drug-likeness (QED) is 0.648. The van der Waals surface area contributed by atoms with Crippen LogP contribution < -0.4 is 5.32 Å². The van der Waals surface area contributed by atoms with Gasteiger partial charge in [-0.25, -0.2) is 8.42 Å². The zero-order chi connectivity index (χ0) is 23.3. The van der Waals surface area contributed by atoms with Gasteiger partial charge in [0.05, 0.1) is 10.9 Å². The molecule has 7 heteroatoms. The Morgan fingerprint density at radius 3 is 2.06 bits per heavy atom. The van der Waals surface area contributed by atoms with E-state index in [0.717, 1.165) is 24.1 Å². The first-order chi connectivity index (χ1) is 15.3. The van der Waals surface area contributed by atoms with Crippen LogP contribution in [0.25, 0.3) is 0 Å². The lowest BCUT2D eigenvalue weighted by molar-refractivity contribution is -0.121. The standard InChI is InChI=1S/C25H35N3O3S/c1-5-19(3)22-9-13-24(14-10-22)32(30,31)28-17-15-27(16-18-28)20(4)25(29)26-23-11-7-21(6-2)8-12-23/h7-14,19-20H,5-6,15-18H2,1-4H3,(H,26,29)/t19-,20-/m1/s1. The highest BCUT2D eigenvalue weighted by molar-refractivity contribution is 7.89. The molecule has 0 radical (unpaired) electrons. The van der Waals surface area contributed by atoms with Gasteiger partial charge in [-0.15, -0.1) is 0 Å². The van der Waals surface area contributed by atoms with Crippen LogP contribution in [0.1, 0.15) is 51.2 Å². The van der Waals surface area contributed by atoms with Crippen molar-refractivity contribution >= 4 is 21.6 Å². The summed E-state index contributed by atoms with van der Waals surface area (Å²) in [7, 11) is -3.53. The maximum atomic E-state index is 13.1. The Morgan fingerprint density at radius 1 is 0.938 bits per heavy atom. The summed E-state index contributed by atoms with van der Waals surface area (Å²) in [6.45, 7) is 10.0. The molecule has 1 aliphatic rings. The molecule has 0 aliphatic carbocycles. The molecule has 174 valence electrons. The summed E-state index contributed by atoms with van der Waals surface area (Å²) in [4.78, 5) is 15.1. The van der Waals surface area contributed by atoms with E-state index in [-0.39, 0.29) is 11.9 Å². The topological polar surface area (TPSA) is 69.7 Å². The van der Waals surface area contributed by atoms with Crippen LogP contribution in [0.4, 0.5) is 5.69 Å². The van der Waals surface area contributed by atoms with Gasteiger partial charge < -0.3 is 5.32 Å². The normalized spacial score (nSPS) is 17.6. The van der Waals surface area contributed by atoms with E-state index in [1.54, 1.807) is 12.1 Å². The fourth-order valence-corrected chi connectivity index (χ4v) is 5.34. The number of anilines is 1. The molecule has 0 bridgehead atoms. The van der Waals surface area contributed by atoms with E-state index < -0.39 is 10.0 Å². The highest BCUT2D eigenvalue weighted by Gasteiger charge is 2.31. The van der Waals surface area contributed by atoms with Gasteiger partial charge in [-0.1, -0.05) is 45.0 Å². The van der Waals surface area contributed by atoms with Crippen LogP contribution in [0.15, 0.2) is 53.4 Å². The molecule has 6 nitrogen and oxygen atoms in total. The summed E-state index contributed by atoms with van der Waals surface area (Å²) in [5, 5.41) is 2.96. The third-order valence-electron chi connectivity index (χ3n) is 6.53. The van der Waals surface area contributed by atoms with Crippen molar-refractivity contribution in [2.45, 2.75) is 57.4 Å². The van der Waals surface area contributed by atoms with E-state index in [9.17, 15) is 13.2 Å². The Labute approximate surface area is 192 Å². The minimum absolute atomic E-state index is 0.0776. The molecule has 1 saturated heterocycles. The Hall–Kier alpha value is -2.22. The number of hydrogen-bond donors (Lipinski definition) is 1. The molecule has 32 heavy (non-hydrogen) atoms. The molecule has 0 saturated carbocycles. The minimum atomic E-state index is -3.53. The average Bonchev–Trinajstić information content (AvgIpc) is 2.83. The van der Waals surface area contributed by atoms with Crippen LogP contribution in [-0.2, 0) is 21.2 Å². The van der Waals surface area contributed by atoms with Crippen molar-refractivity contribution in [2.24, 2.45) is 0 Å². The maximum absolute atomic E-state index is 13.1. The van der Waals surface area contributed by atoms with Crippen LogP contribution in [0.2, 0.25) is 0 Å². The predicted molar refractivity (Wildman–Crippen MR) is 129 cm³/mol. The Morgan fingerprint density at radius 2 is 1.53 bits per heavy atom. The van der Waals surface area contributed by atoms with Gasteiger partial charge in [0.2, 0.25) is 15.9 Å². The summed E-state index contributed by atoms with van der Waals surface area (Å²) >= 11 is 0. The fourth-order valence-electron chi connectivity index (χ4n) is 3.92. The molecule has 0 spiro atoms. The van der Waals surface area contributed by atoms with Crippen molar-refractivity contribution in [3.05, 3.63) is 59.7 Å². The summed E-state index contributed by atoms with van der Waals surface area (Å²) in [5.41, 5.74) is 3.16. The second kappa shape index (κ2) is 10.6. The van der Waals surface area contributed by atoms with Gasteiger partial charge in [-0.05, 0) is 61.1 Å². The number of hydrogen-bond acceptors (Lipinski definition) is 4. The fraction of sp³-hybridized carbons (Fsp3) is 0.480. The highest BCUT2D eigenvalue weighted by atomic mass is 32.2. The van der Waals surface area contributed by atoms with E-state index in [2.05, 4.69) is 26.1 Å². The van der Waals surface area contributed by atoms with Crippen molar-refractivity contribution in [1.82, 2.24) is 9.21 Å². The Bertz CT molecular complexity index is 996. The van der Waals surface area contributed by atoms with E-state index in [1.807, 2.05) is 48.2 Å². The van der Waals surface area contributed by atoms with Gasteiger partial charge in [0.15, 0.2) is 0 Å². The molecule has 2 aromatic rings. The Kier molecular flexibility index (Phi) is 8.09. The number of carbonyl (C=O) groups is 1. The second-order valence-corrected chi connectivity index (χ2v) is 10.5. The lowest BCUT2D eigenvalue weighted by Crippen LogP contribution is -2.53. The number of carbonyl (C=O) groups excluding carboxylic acids is 1. The molecule has 0 aromatic heterocycles. The van der Waals surface area contributed by atoms with E-state index in [4.69, 9.17) is 0 Å². The van der Waals surface area contributed by atoms with Crippen LogP contribution in [0.3, 0.4) is 0 Å². The number of sulfonamides is 1. The molecular weight excluding hydrogens is 422 g/mol. The molecule has 1 aliphatic heterocycles. The molecule has 1 fully saturated rings. The van der Waals surface area contributed by atoms with Crippen LogP contribution >= 0.6 is 0 Å². The zero-order valence-corrected chi connectivity index (χ0v) is 20.4. The lowest BCUT2D eigenvalue weighted by Gasteiger charge is -2.36. The van der Waals surface area contributed by atoms with Gasteiger partial charge in [-0.2, -0.15) is 4.31 Å². The van der Waals surface area contributed by atoms with Crippen LogP contribution in [0.5, 0.6) is 0 Å². The van der Waals surface area contributed by atoms with E-state index >= 15 is 0 Å². The van der Waals surface area contributed by atoms with E-state index in [0.29, 0.717) is 37.0 Å². The summed E-state index contributed by atoms with van der Waals surface area (Å²) in [5.74, 6) is 0.332. The molecule has 1 heterocycles. The maximum Gasteiger partial charge on any atom is 0.243 e. The number of piperazine rings is 1. The molecule has 2 aromatic carbocycles. The molecule has 3 rings (SSSR count). The SMILES string of the molecule is CCc1ccc(NC(=O)[C@@H](C)N2CCN(S(=O)(=O)c3ccc([C@H](C)CC)cc3)CC2)cc1. The van der Waals surface area contributed by atoms with Crippen molar-refractivity contribution in [1.29, 1.82) is 0 Å². The summed E-state index contributed by atoms with van der Waals surface area (Å²) in [6.07, 6.45) is 1.98. The van der Waals surface area contributed by atoms with Gasteiger partial charge in [0, 0.05) is 31.9 Å². The monoisotopic (exact) mass is 457 g/mol. The summed E-state index contributed by atoms with van der Waals surface area (Å²) in [6, 6.07) is 14.8. The smallest absolute Gasteiger partial charge is 0.243 e. The molecule has 1 amide bonds. The number of aryl methyl sites for hydroxylation is 1. The minimum Gasteiger partial charge on any atom is -0.325 e. The number of rotatable bonds is 8. The largest absolute Gasteiger partial charge is 0.325 e. The van der Waals surface area contributed by atoms with Crippen molar-refractivity contribution in [3.63, 3.8) is 0 Å². The van der Waals surface area contributed by atoms with Crippen molar-refractivity contribution < 1.29 is 13.2 Å². The number of benzene rings is 2. The number of amides is 1.